The molecule has 2 fully saturated rings. The van der Waals surface area contributed by atoms with Crippen LogP contribution < -0.4 is 9.64 Å². The number of hydrogen-bond donors (Lipinski definition) is 0. The Balaban J connectivity index is 1.30. The van der Waals surface area contributed by atoms with Gasteiger partial charge in [-0.3, -0.25) is 19.3 Å². The maximum Gasteiger partial charge on any atom is 0.316 e. The molecular weight excluding hydrogens is 372 g/mol. The zero-order valence-electron chi connectivity index (χ0n) is 16.0. The SMILES string of the molecule is O=C(c1ccc(N2C(=O)CCC2=O)cc1)N1CCC(COc2ncccn2)CC1. The van der Waals surface area contributed by atoms with E-state index < -0.39 is 0 Å². The lowest BCUT2D eigenvalue weighted by Crippen LogP contribution is -2.39. The van der Waals surface area contributed by atoms with Crippen molar-refractivity contribution in [3.8, 4) is 6.01 Å². The van der Waals surface area contributed by atoms with Crippen LogP contribution in [0.25, 0.3) is 0 Å². The summed E-state index contributed by atoms with van der Waals surface area (Å²) < 4.78 is 5.62. The van der Waals surface area contributed by atoms with Gasteiger partial charge in [0.15, 0.2) is 0 Å². The minimum Gasteiger partial charge on any atom is -0.463 e. The largest absolute Gasteiger partial charge is 0.463 e. The number of carbonyl (C=O) groups is 3. The highest BCUT2D eigenvalue weighted by Crippen LogP contribution is 2.24. The van der Waals surface area contributed by atoms with Crippen molar-refractivity contribution in [2.24, 2.45) is 5.92 Å². The predicted octanol–water partition coefficient (Wildman–Crippen LogP) is 2.06. The van der Waals surface area contributed by atoms with Crippen LogP contribution in [-0.4, -0.2) is 52.3 Å². The summed E-state index contributed by atoms with van der Waals surface area (Å²) in [4.78, 5) is 47.6. The van der Waals surface area contributed by atoms with E-state index >= 15 is 0 Å². The molecule has 4 rings (SSSR count). The fraction of sp³-hybridized carbons (Fsp3) is 0.381. The van der Waals surface area contributed by atoms with Crippen molar-refractivity contribution in [2.45, 2.75) is 25.7 Å². The second-order valence-corrected chi connectivity index (χ2v) is 7.25. The van der Waals surface area contributed by atoms with Gasteiger partial charge in [-0.1, -0.05) is 0 Å². The van der Waals surface area contributed by atoms with Gasteiger partial charge < -0.3 is 9.64 Å². The molecule has 0 unspecified atom stereocenters. The molecule has 3 heterocycles. The summed E-state index contributed by atoms with van der Waals surface area (Å²) in [5, 5.41) is 0. The van der Waals surface area contributed by atoms with E-state index in [1.807, 2.05) is 4.90 Å². The molecule has 2 saturated heterocycles. The summed E-state index contributed by atoms with van der Waals surface area (Å²) in [5.74, 6) is -0.0719. The molecule has 0 radical (unpaired) electrons. The van der Waals surface area contributed by atoms with Crippen LogP contribution >= 0.6 is 0 Å². The molecule has 2 aromatic rings. The smallest absolute Gasteiger partial charge is 0.316 e. The third-order valence-corrected chi connectivity index (χ3v) is 5.32. The summed E-state index contributed by atoms with van der Waals surface area (Å²) in [6, 6.07) is 8.80. The number of hydrogen-bond acceptors (Lipinski definition) is 6. The molecule has 150 valence electrons. The second-order valence-electron chi connectivity index (χ2n) is 7.25. The maximum absolute atomic E-state index is 12.8. The summed E-state index contributed by atoms with van der Waals surface area (Å²) in [7, 11) is 0. The highest BCUT2D eigenvalue weighted by Gasteiger charge is 2.30. The minimum absolute atomic E-state index is 0.0404. The zero-order valence-corrected chi connectivity index (χ0v) is 16.0. The number of likely N-dealkylation sites (tertiary alicyclic amines) is 1. The third-order valence-electron chi connectivity index (χ3n) is 5.32. The molecule has 2 aliphatic rings. The molecule has 0 atom stereocenters. The average Bonchev–Trinajstić information content (AvgIpc) is 3.11. The lowest BCUT2D eigenvalue weighted by molar-refractivity contribution is -0.121. The van der Waals surface area contributed by atoms with Crippen molar-refractivity contribution in [1.82, 2.24) is 14.9 Å². The molecule has 8 heteroatoms. The Labute approximate surface area is 168 Å². The summed E-state index contributed by atoms with van der Waals surface area (Å²) in [5.41, 5.74) is 1.08. The van der Waals surface area contributed by atoms with Crippen LogP contribution in [0, 0.1) is 5.92 Å². The van der Waals surface area contributed by atoms with Gasteiger partial charge in [0, 0.05) is 43.9 Å². The molecule has 2 aliphatic heterocycles. The number of benzene rings is 1. The molecule has 0 spiro atoms. The van der Waals surface area contributed by atoms with Gasteiger partial charge in [-0.05, 0) is 49.1 Å². The highest BCUT2D eigenvalue weighted by atomic mass is 16.5. The van der Waals surface area contributed by atoms with Crippen LogP contribution in [0.2, 0.25) is 0 Å². The lowest BCUT2D eigenvalue weighted by atomic mass is 9.97. The fourth-order valence-corrected chi connectivity index (χ4v) is 3.66. The van der Waals surface area contributed by atoms with E-state index in [4.69, 9.17) is 4.74 Å². The van der Waals surface area contributed by atoms with E-state index in [-0.39, 0.29) is 30.6 Å². The van der Waals surface area contributed by atoms with Crippen molar-refractivity contribution in [1.29, 1.82) is 0 Å². The van der Waals surface area contributed by atoms with Crippen LogP contribution in [0.3, 0.4) is 0 Å². The zero-order chi connectivity index (χ0) is 20.2. The molecule has 1 aromatic carbocycles. The van der Waals surface area contributed by atoms with E-state index in [9.17, 15) is 14.4 Å². The topological polar surface area (TPSA) is 92.7 Å². The Bertz CT molecular complexity index is 877. The summed E-state index contributed by atoms with van der Waals surface area (Å²) >= 11 is 0. The van der Waals surface area contributed by atoms with Crippen molar-refractivity contribution >= 4 is 23.4 Å². The third kappa shape index (κ3) is 4.26. The van der Waals surface area contributed by atoms with Crippen LogP contribution in [0.15, 0.2) is 42.7 Å². The normalized spacial score (nSPS) is 17.7. The quantitative estimate of drug-likeness (QED) is 0.721. The average molecular weight is 394 g/mol. The number of carbonyl (C=O) groups excluding carboxylic acids is 3. The standard InChI is InChI=1S/C21H22N4O4/c26-18-6-7-19(27)25(18)17-4-2-16(3-5-17)20(28)24-12-8-15(9-13-24)14-29-21-22-10-1-11-23-21/h1-5,10-11,15H,6-9,12-14H2. The van der Waals surface area contributed by atoms with Gasteiger partial charge in [-0.15, -0.1) is 0 Å². The predicted molar refractivity (Wildman–Crippen MR) is 104 cm³/mol. The van der Waals surface area contributed by atoms with Crippen LogP contribution in [0.4, 0.5) is 5.69 Å². The van der Waals surface area contributed by atoms with Gasteiger partial charge in [0.1, 0.15) is 0 Å². The van der Waals surface area contributed by atoms with Gasteiger partial charge in [0.25, 0.3) is 5.91 Å². The Morgan fingerprint density at radius 2 is 1.62 bits per heavy atom. The number of piperidine rings is 1. The van der Waals surface area contributed by atoms with E-state index in [1.54, 1.807) is 42.7 Å². The molecule has 0 saturated carbocycles. The Hall–Kier alpha value is -3.29. The first-order valence-corrected chi connectivity index (χ1v) is 9.77. The number of amides is 3. The van der Waals surface area contributed by atoms with Crippen LogP contribution in [-0.2, 0) is 9.59 Å². The Morgan fingerprint density at radius 1 is 1.00 bits per heavy atom. The fourth-order valence-electron chi connectivity index (χ4n) is 3.66. The molecule has 0 N–H and O–H groups in total. The number of rotatable bonds is 5. The second kappa shape index (κ2) is 8.38. The summed E-state index contributed by atoms with van der Waals surface area (Å²) in [6.07, 6.45) is 5.48. The van der Waals surface area contributed by atoms with Crippen molar-refractivity contribution in [3.05, 3.63) is 48.3 Å². The van der Waals surface area contributed by atoms with E-state index in [1.165, 1.54) is 4.90 Å². The molecule has 8 nitrogen and oxygen atoms in total. The van der Waals surface area contributed by atoms with Gasteiger partial charge in [0.2, 0.25) is 11.8 Å². The first-order valence-electron chi connectivity index (χ1n) is 9.77. The molecule has 0 aliphatic carbocycles. The Morgan fingerprint density at radius 3 is 2.24 bits per heavy atom. The van der Waals surface area contributed by atoms with E-state index in [2.05, 4.69) is 9.97 Å². The van der Waals surface area contributed by atoms with Gasteiger partial charge in [0.05, 0.1) is 12.3 Å². The molecule has 29 heavy (non-hydrogen) atoms. The monoisotopic (exact) mass is 394 g/mol. The van der Waals surface area contributed by atoms with Crippen molar-refractivity contribution in [2.75, 3.05) is 24.6 Å². The highest BCUT2D eigenvalue weighted by molar-refractivity contribution is 6.19. The number of aromatic nitrogens is 2. The maximum atomic E-state index is 12.8. The molecule has 0 bridgehead atoms. The molecule has 3 amide bonds. The van der Waals surface area contributed by atoms with Crippen molar-refractivity contribution in [3.63, 3.8) is 0 Å². The minimum atomic E-state index is -0.195. The lowest BCUT2D eigenvalue weighted by Gasteiger charge is -2.31. The van der Waals surface area contributed by atoms with Crippen LogP contribution in [0.1, 0.15) is 36.0 Å². The van der Waals surface area contributed by atoms with E-state index in [0.717, 1.165) is 12.8 Å². The first kappa shape index (κ1) is 19.0. The van der Waals surface area contributed by atoms with E-state index in [0.29, 0.717) is 42.9 Å². The number of nitrogens with zero attached hydrogens (tertiary/aromatic N) is 4. The van der Waals surface area contributed by atoms with Crippen LogP contribution in [0.5, 0.6) is 6.01 Å². The number of ether oxygens (including phenoxy) is 1. The van der Waals surface area contributed by atoms with Gasteiger partial charge >= 0.3 is 6.01 Å². The summed E-state index contributed by atoms with van der Waals surface area (Å²) in [6.45, 7) is 1.86. The van der Waals surface area contributed by atoms with Gasteiger partial charge in [-0.2, -0.15) is 0 Å². The molecular formula is C21H22N4O4. The van der Waals surface area contributed by atoms with Crippen molar-refractivity contribution < 1.29 is 19.1 Å². The number of imide groups is 1. The first-order chi connectivity index (χ1) is 14.1. The number of anilines is 1. The van der Waals surface area contributed by atoms with Gasteiger partial charge in [-0.25, -0.2) is 9.97 Å². The molecule has 1 aromatic heterocycles. The Kier molecular flexibility index (Phi) is 5.50.